The Labute approximate surface area is 320 Å². The molecule has 0 fully saturated rings. The Bertz CT molecular complexity index is 3160. The zero-order valence-corrected chi connectivity index (χ0v) is 30.4. The number of fused-ring (bicyclic) bond motifs is 10. The molecule has 0 saturated heterocycles. The van der Waals surface area contributed by atoms with E-state index in [0.717, 1.165) is 74.1 Å². The van der Waals surface area contributed by atoms with Gasteiger partial charge in [-0.2, -0.15) is 0 Å². The molecule has 2 aliphatic carbocycles. The third kappa shape index (κ3) is 4.74. The van der Waals surface area contributed by atoms with E-state index < -0.39 is 0 Å². The van der Waals surface area contributed by atoms with Crippen LogP contribution in [0.25, 0.3) is 70.0 Å². The number of para-hydroxylation sites is 2. The maximum absolute atomic E-state index is 6.66. The van der Waals surface area contributed by atoms with Crippen LogP contribution in [0.4, 0.5) is 0 Å². The highest BCUT2D eigenvalue weighted by atomic mass is 32.1. The summed E-state index contributed by atoms with van der Waals surface area (Å²) < 4.78 is 15.8. The van der Waals surface area contributed by atoms with Crippen molar-refractivity contribution in [3.63, 3.8) is 0 Å². The number of furan rings is 1. The maximum Gasteiger partial charge on any atom is 0.167 e. The van der Waals surface area contributed by atoms with Crippen LogP contribution in [0, 0.1) is 0 Å². The third-order valence-corrected chi connectivity index (χ3v) is 12.5. The second kappa shape index (κ2) is 11.9. The summed E-state index contributed by atoms with van der Waals surface area (Å²) in [6.07, 6.45) is 8.26. The molecule has 6 aromatic carbocycles. The summed E-state index contributed by atoms with van der Waals surface area (Å²) in [5, 5.41) is 5.95. The van der Waals surface area contributed by atoms with E-state index in [4.69, 9.17) is 24.1 Å². The summed E-state index contributed by atoms with van der Waals surface area (Å²) in [4.78, 5) is 16.2. The predicted octanol–water partition coefficient (Wildman–Crippen LogP) is 12.2. The fraction of sp³-hybridized carbons (Fsp3) is 0.0816. The Hall–Kier alpha value is -6.63. The number of thiophene rings is 1. The summed E-state index contributed by atoms with van der Waals surface area (Å²) in [6, 6.07) is 46.9. The second-order valence-electron chi connectivity index (χ2n) is 14.5. The van der Waals surface area contributed by atoms with Crippen LogP contribution in [-0.4, -0.2) is 21.1 Å². The number of nitrogens with zero attached hydrogens (tertiary/aromatic N) is 3. The second-order valence-corrected chi connectivity index (χ2v) is 15.6. The van der Waals surface area contributed by atoms with Crippen molar-refractivity contribution in [2.24, 2.45) is 0 Å². The fourth-order valence-corrected chi connectivity index (χ4v) is 10.1. The molecule has 0 saturated carbocycles. The van der Waals surface area contributed by atoms with Gasteiger partial charge in [-0.15, -0.1) is 11.3 Å². The molecule has 6 heteroatoms. The summed E-state index contributed by atoms with van der Waals surface area (Å²) in [7, 11) is 0. The Morgan fingerprint density at radius 2 is 1.44 bits per heavy atom. The molecular formula is C49H31N3O2S. The number of aryl methyl sites for hydroxylation is 1. The average molecular weight is 726 g/mol. The van der Waals surface area contributed by atoms with Crippen LogP contribution in [0.5, 0.6) is 5.75 Å². The number of hydrogen-bond donors (Lipinski definition) is 0. The van der Waals surface area contributed by atoms with Crippen molar-refractivity contribution in [1.29, 1.82) is 0 Å². The van der Waals surface area contributed by atoms with E-state index in [2.05, 4.69) is 133 Å². The third-order valence-electron chi connectivity index (χ3n) is 11.4. The van der Waals surface area contributed by atoms with Crippen molar-refractivity contribution in [3.05, 3.63) is 186 Å². The van der Waals surface area contributed by atoms with Crippen LogP contribution in [0.2, 0.25) is 0 Å². The van der Waals surface area contributed by atoms with Gasteiger partial charge in [0.1, 0.15) is 23.2 Å². The molecule has 2 unspecified atom stereocenters. The van der Waals surface area contributed by atoms with Crippen molar-refractivity contribution < 1.29 is 9.15 Å². The quantitative estimate of drug-likeness (QED) is 0.181. The van der Waals surface area contributed by atoms with E-state index >= 15 is 0 Å². The lowest BCUT2D eigenvalue weighted by Crippen LogP contribution is -2.22. The van der Waals surface area contributed by atoms with Crippen LogP contribution in [0.3, 0.4) is 0 Å². The number of aromatic nitrogens is 3. The Morgan fingerprint density at radius 1 is 0.655 bits per heavy atom. The summed E-state index contributed by atoms with van der Waals surface area (Å²) in [5.74, 6) is 3.48. The summed E-state index contributed by atoms with van der Waals surface area (Å²) >= 11 is 1.83. The smallest absolute Gasteiger partial charge is 0.167 e. The van der Waals surface area contributed by atoms with Crippen LogP contribution in [0.15, 0.2) is 156 Å². The van der Waals surface area contributed by atoms with Crippen LogP contribution >= 0.6 is 11.3 Å². The fourth-order valence-electron chi connectivity index (χ4n) is 8.93. The summed E-state index contributed by atoms with van der Waals surface area (Å²) in [6.45, 7) is 0. The normalized spacial score (nSPS) is 17.4. The molecule has 4 heterocycles. The molecule has 0 amide bonds. The van der Waals surface area contributed by atoms with Gasteiger partial charge in [-0.1, -0.05) is 115 Å². The molecular weight excluding hydrogens is 695 g/mol. The minimum absolute atomic E-state index is 0.127. The lowest BCUT2D eigenvalue weighted by atomic mass is 9.78. The van der Waals surface area contributed by atoms with E-state index in [1.54, 1.807) is 0 Å². The molecule has 260 valence electrons. The highest BCUT2D eigenvalue weighted by molar-refractivity contribution is 7.25. The number of allylic oxidation sites excluding steroid dienone is 3. The topological polar surface area (TPSA) is 61.0 Å². The molecule has 0 radical (unpaired) electrons. The Morgan fingerprint density at radius 3 is 2.40 bits per heavy atom. The van der Waals surface area contributed by atoms with Gasteiger partial charge in [0.2, 0.25) is 0 Å². The predicted molar refractivity (Wildman–Crippen MR) is 223 cm³/mol. The first-order chi connectivity index (χ1) is 27.2. The van der Waals surface area contributed by atoms with Gasteiger partial charge in [0, 0.05) is 47.8 Å². The lowest BCUT2D eigenvalue weighted by Gasteiger charge is -2.27. The molecule has 2 atom stereocenters. The van der Waals surface area contributed by atoms with E-state index in [1.165, 1.54) is 31.1 Å². The first-order valence-electron chi connectivity index (χ1n) is 18.8. The van der Waals surface area contributed by atoms with E-state index in [-0.39, 0.29) is 12.0 Å². The molecule has 0 bridgehead atoms. The van der Waals surface area contributed by atoms with Crippen LogP contribution < -0.4 is 4.74 Å². The van der Waals surface area contributed by atoms with Crippen molar-refractivity contribution in [2.45, 2.75) is 24.9 Å². The van der Waals surface area contributed by atoms with Crippen molar-refractivity contribution in [1.82, 2.24) is 15.0 Å². The van der Waals surface area contributed by atoms with Gasteiger partial charge in [0.25, 0.3) is 0 Å². The SMILES string of the molecule is C1=CC2Oc3ccccc3C2C(c2nc(C3=CCCc4c3oc3ccccc43)nc(-c3ccc4ccccc4c3)n2)=C1c1cccc2sc3ccccc3c12. The Kier molecular flexibility index (Phi) is 6.68. The molecule has 0 spiro atoms. The Balaban J connectivity index is 1.16. The monoisotopic (exact) mass is 725 g/mol. The van der Waals surface area contributed by atoms with Crippen molar-refractivity contribution in [3.8, 4) is 17.1 Å². The number of hydrogen-bond acceptors (Lipinski definition) is 6. The molecule has 1 aliphatic heterocycles. The largest absolute Gasteiger partial charge is 0.485 e. The molecule has 0 N–H and O–H groups in total. The minimum atomic E-state index is -0.199. The van der Waals surface area contributed by atoms with Gasteiger partial charge in [0.05, 0.1) is 11.5 Å². The lowest BCUT2D eigenvalue weighted by molar-refractivity contribution is 0.271. The van der Waals surface area contributed by atoms with E-state index in [9.17, 15) is 0 Å². The van der Waals surface area contributed by atoms with Crippen molar-refractivity contribution >= 4 is 70.0 Å². The van der Waals surface area contributed by atoms with Gasteiger partial charge < -0.3 is 9.15 Å². The highest BCUT2D eigenvalue weighted by Gasteiger charge is 2.41. The van der Waals surface area contributed by atoms with E-state index in [0.29, 0.717) is 17.5 Å². The van der Waals surface area contributed by atoms with E-state index in [1.807, 2.05) is 29.5 Å². The van der Waals surface area contributed by atoms with Gasteiger partial charge in [-0.05, 0) is 71.2 Å². The van der Waals surface area contributed by atoms with Crippen molar-refractivity contribution in [2.75, 3.05) is 0 Å². The first kappa shape index (κ1) is 30.8. The zero-order valence-electron chi connectivity index (χ0n) is 29.6. The van der Waals surface area contributed by atoms with Gasteiger partial charge in [0.15, 0.2) is 17.5 Å². The highest BCUT2D eigenvalue weighted by Crippen LogP contribution is 2.52. The standard InChI is InChI=1S/C49H31N3O2S/c1-2-12-29-27-30(24-23-28(29)11-1)47-50-48(37-18-9-17-34-31-13-3-6-19-38(31)54-46(34)37)52-49(51-47)45-33(25-26-40-44(45)35-14-4-7-20-39(35)53-40)32-16-10-22-42-43(32)36-15-5-8-21-41(36)55-42/h1-8,10-16,18-27,40,44H,9,17H2. The van der Waals surface area contributed by atoms with Gasteiger partial charge in [-0.25, -0.2) is 15.0 Å². The maximum atomic E-state index is 6.66. The van der Waals surface area contributed by atoms with Crippen LogP contribution in [-0.2, 0) is 6.42 Å². The molecule has 5 nitrogen and oxygen atoms in total. The molecule has 55 heavy (non-hydrogen) atoms. The molecule has 3 aliphatic rings. The van der Waals surface area contributed by atoms with Gasteiger partial charge in [-0.3, -0.25) is 0 Å². The molecule has 12 rings (SSSR count). The summed E-state index contributed by atoms with van der Waals surface area (Å²) in [5.41, 5.74) is 8.35. The molecule has 3 aromatic heterocycles. The molecule has 9 aromatic rings. The number of rotatable bonds is 4. The first-order valence-corrected chi connectivity index (χ1v) is 19.6. The zero-order chi connectivity index (χ0) is 36.0. The van der Waals surface area contributed by atoms with Crippen LogP contribution in [0.1, 0.15) is 46.4 Å². The minimum Gasteiger partial charge on any atom is -0.485 e. The number of benzene rings is 6. The number of ether oxygens (including phenoxy) is 1. The van der Waals surface area contributed by atoms with Gasteiger partial charge >= 0.3 is 0 Å². The average Bonchev–Trinajstić information content (AvgIpc) is 3.94.